The summed E-state index contributed by atoms with van der Waals surface area (Å²) < 4.78 is 17.6. The first-order valence-corrected chi connectivity index (χ1v) is 14.7. The molecule has 0 aliphatic rings. The summed E-state index contributed by atoms with van der Waals surface area (Å²) in [6, 6.07) is 11.3. The topological polar surface area (TPSA) is 3.88 Å². The Labute approximate surface area is 189 Å². The Morgan fingerprint density at radius 1 is 0.903 bits per heavy atom. The zero-order valence-electron chi connectivity index (χ0n) is 21.0. The number of rotatable bonds is 5. The molecular formula is C28H39FNSi+. The van der Waals surface area contributed by atoms with Gasteiger partial charge in [-0.15, -0.1) is 0 Å². The summed E-state index contributed by atoms with van der Waals surface area (Å²) in [6.45, 7) is 20.0. The molecule has 0 saturated carbocycles. The lowest BCUT2D eigenvalue weighted by atomic mass is 9.86. The molecule has 3 rings (SSSR count). The number of aryl methyl sites for hydroxylation is 1. The van der Waals surface area contributed by atoms with Gasteiger partial charge in [0.1, 0.15) is 12.9 Å². The first-order valence-electron chi connectivity index (χ1n) is 11.6. The fourth-order valence-electron chi connectivity index (χ4n) is 4.59. The van der Waals surface area contributed by atoms with Gasteiger partial charge in [0.15, 0.2) is 6.20 Å². The zero-order chi connectivity index (χ0) is 23.2. The van der Waals surface area contributed by atoms with Gasteiger partial charge in [0.2, 0.25) is 5.69 Å². The van der Waals surface area contributed by atoms with Gasteiger partial charge in [0.25, 0.3) is 0 Å². The van der Waals surface area contributed by atoms with Crippen LogP contribution in [0.2, 0.25) is 18.6 Å². The van der Waals surface area contributed by atoms with Crippen LogP contribution in [0.5, 0.6) is 0 Å². The van der Waals surface area contributed by atoms with E-state index in [-0.39, 0.29) is 17.7 Å². The van der Waals surface area contributed by atoms with E-state index in [1.807, 2.05) is 0 Å². The van der Waals surface area contributed by atoms with Crippen molar-refractivity contribution in [3.63, 3.8) is 0 Å². The van der Waals surface area contributed by atoms with Crippen molar-refractivity contribution in [1.82, 2.24) is 0 Å². The second-order valence-electron chi connectivity index (χ2n) is 10.6. The molecule has 3 heteroatoms. The molecule has 0 aliphatic heterocycles. The lowest BCUT2D eigenvalue weighted by Crippen LogP contribution is -2.44. The lowest BCUT2D eigenvalue weighted by Gasteiger charge is -2.28. The van der Waals surface area contributed by atoms with Crippen molar-refractivity contribution in [3.8, 4) is 11.3 Å². The van der Waals surface area contributed by atoms with E-state index in [0.29, 0.717) is 5.54 Å². The largest absolute Gasteiger partial charge is 0.220 e. The Kier molecular flexibility index (Phi) is 6.49. The molecule has 31 heavy (non-hydrogen) atoms. The van der Waals surface area contributed by atoms with Crippen LogP contribution in [0.1, 0.15) is 70.1 Å². The molecule has 1 aromatic heterocycles. The molecular weight excluding hydrogens is 397 g/mol. The molecule has 0 fully saturated rings. The lowest BCUT2D eigenvalue weighted by molar-refractivity contribution is -0.659. The fourth-order valence-corrected chi connectivity index (χ4v) is 6.29. The van der Waals surface area contributed by atoms with Crippen LogP contribution in [-0.4, -0.2) is 8.07 Å². The smallest absolute Gasteiger partial charge is 0.206 e. The van der Waals surface area contributed by atoms with Crippen molar-refractivity contribution in [1.29, 1.82) is 0 Å². The van der Waals surface area contributed by atoms with Gasteiger partial charge in [0, 0.05) is 6.07 Å². The summed E-state index contributed by atoms with van der Waals surface area (Å²) in [5, 5.41) is 4.01. The molecule has 0 radical (unpaired) electrons. The minimum atomic E-state index is -1.51. The predicted molar refractivity (Wildman–Crippen MR) is 136 cm³/mol. The van der Waals surface area contributed by atoms with Crippen LogP contribution < -0.4 is 9.75 Å². The van der Waals surface area contributed by atoms with Crippen LogP contribution >= 0.6 is 0 Å². The van der Waals surface area contributed by atoms with Gasteiger partial charge >= 0.3 is 0 Å². The van der Waals surface area contributed by atoms with Crippen molar-refractivity contribution in [2.24, 2.45) is 7.05 Å². The van der Waals surface area contributed by atoms with Crippen LogP contribution in [0.15, 0.2) is 36.5 Å². The fraction of sp³-hybridized carbons (Fsp3) is 0.464. The Morgan fingerprint density at radius 2 is 1.55 bits per heavy atom. The summed E-state index contributed by atoms with van der Waals surface area (Å²) >= 11 is 0. The summed E-state index contributed by atoms with van der Waals surface area (Å²) in [7, 11) is 0.593. The maximum Gasteiger partial charge on any atom is 0.220 e. The first-order chi connectivity index (χ1) is 14.4. The molecule has 1 nitrogen and oxygen atoms in total. The van der Waals surface area contributed by atoms with Gasteiger partial charge < -0.3 is 0 Å². The molecule has 0 saturated heterocycles. The van der Waals surface area contributed by atoms with E-state index < -0.39 is 8.07 Å². The van der Waals surface area contributed by atoms with Crippen molar-refractivity contribution in [2.45, 2.75) is 78.9 Å². The molecule has 0 N–H and O–H groups in total. The average molecular weight is 437 g/mol. The number of nitrogens with zero attached hydrogens (tertiary/aromatic N) is 1. The third-order valence-electron chi connectivity index (χ3n) is 7.38. The molecule has 2 aromatic carbocycles. The standard InChI is InChI=1S/C28H39FNSi/c1-17(2)24-16-25(20(7)26(18(3)4)27(24)29)28-23-12-11-22(31(9,10)19(5)6)15-21(23)13-14-30(28)8/h11-19H,1-10H3/q+1. The van der Waals surface area contributed by atoms with Gasteiger partial charge in [0.05, 0.1) is 19.0 Å². The minimum Gasteiger partial charge on any atom is -0.206 e. The molecule has 3 aromatic rings. The summed E-state index contributed by atoms with van der Waals surface area (Å²) in [5.41, 5.74) is 5.73. The van der Waals surface area contributed by atoms with Crippen LogP contribution in [0.3, 0.4) is 0 Å². The highest BCUT2D eigenvalue weighted by atomic mass is 28.3. The number of fused-ring (bicyclic) bond motifs is 1. The predicted octanol–water partition coefficient (Wildman–Crippen LogP) is 7.35. The van der Waals surface area contributed by atoms with E-state index in [1.165, 1.54) is 21.7 Å². The Morgan fingerprint density at radius 3 is 2.10 bits per heavy atom. The van der Waals surface area contributed by atoms with E-state index in [0.717, 1.165) is 22.3 Å². The second-order valence-corrected chi connectivity index (χ2v) is 15.8. The number of benzene rings is 2. The number of aromatic nitrogens is 1. The third kappa shape index (κ3) is 4.09. The van der Waals surface area contributed by atoms with Gasteiger partial charge in [-0.25, -0.2) is 8.96 Å². The molecule has 1 heterocycles. The number of hydrogen-bond acceptors (Lipinski definition) is 0. The van der Waals surface area contributed by atoms with Crippen LogP contribution in [-0.2, 0) is 7.05 Å². The minimum absolute atomic E-state index is 0.0268. The number of pyridine rings is 1. The van der Waals surface area contributed by atoms with E-state index in [1.54, 1.807) is 0 Å². The quantitative estimate of drug-likeness (QED) is 0.291. The van der Waals surface area contributed by atoms with Crippen molar-refractivity contribution in [2.75, 3.05) is 0 Å². The summed E-state index contributed by atoms with van der Waals surface area (Å²) in [5.74, 6) is 0.255. The third-order valence-corrected chi connectivity index (χ3v) is 12.1. The van der Waals surface area contributed by atoms with Crippen LogP contribution in [0.25, 0.3) is 22.0 Å². The molecule has 0 atom stereocenters. The molecule has 0 bridgehead atoms. The van der Waals surface area contributed by atoms with Crippen molar-refractivity contribution in [3.05, 3.63) is 59.0 Å². The van der Waals surface area contributed by atoms with Gasteiger partial charge in [-0.2, -0.15) is 0 Å². The zero-order valence-corrected chi connectivity index (χ0v) is 22.0. The van der Waals surface area contributed by atoms with Crippen molar-refractivity contribution < 1.29 is 8.96 Å². The van der Waals surface area contributed by atoms with E-state index in [2.05, 4.69) is 110 Å². The van der Waals surface area contributed by atoms with Crippen LogP contribution in [0, 0.1) is 12.7 Å². The summed E-state index contributed by atoms with van der Waals surface area (Å²) in [4.78, 5) is 0. The first kappa shape index (κ1) is 23.7. The highest BCUT2D eigenvalue weighted by Crippen LogP contribution is 2.37. The Hall–Kier alpha value is -2.00. The second kappa shape index (κ2) is 8.50. The van der Waals surface area contributed by atoms with E-state index in [4.69, 9.17) is 0 Å². The highest BCUT2D eigenvalue weighted by Gasteiger charge is 2.29. The maximum atomic E-state index is 15.4. The SMILES string of the molecule is Cc1c(-c2c3ccc([Si](C)(C)C(C)C)cc3cc[n+]2C)cc(C(C)C)c(F)c1C(C)C. The molecule has 0 spiro atoms. The van der Waals surface area contributed by atoms with Crippen molar-refractivity contribution >= 4 is 24.0 Å². The Bertz CT molecular complexity index is 1130. The average Bonchev–Trinajstić information content (AvgIpc) is 2.67. The number of hydrogen-bond donors (Lipinski definition) is 0. The summed E-state index contributed by atoms with van der Waals surface area (Å²) in [6.07, 6.45) is 2.15. The molecule has 0 aliphatic carbocycles. The van der Waals surface area contributed by atoms with Gasteiger partial charge in [-0.1, -0.05) is 72.0 Å². The molecule has 166 valence electrons. The monoisotopic (exact) mass is 436 g/mol. The normalized spacial score (nSPS) is 12.6. The Balaban J connectivity index is 2.37. The van der Waals surface area contributed by atoms with E-state index in [9.17, 15) is 0 Å². The maximum absolute atomic E-state index is 15.4. The molecule has 0 amide bonds. The van der Waals surface area contributed by atoms with E-state index >= 15 is 4.39 Å². The molecule has 0 unspecified atom stereocenters. The van der Waals surface area contributed by atoms with Gasteiger partial charge in [-0.05, 0) is 58.5 Å². The number of halogens is 1. The van der Waals surface area contributed by atoms with Crippen LogP contribution in [0.4, 0.5) is 4.39 Å². The highest BCUT2D eigenvalue weighted by molar-refractivity contribution is 6.91. The van der Waals surface area contributed by atoms with Gasteiger partial charge in [-0.3, -0.25) is 0 Å².